The van der Waals surface area contributed by atoms with Gasteiger partial charge in [0.1, 0.15) is 5.75 Å². The van der Waals surface area contributed by atoms with E-state index in [9.17, 15) is 4.79 Å². The molecule has 0 saturated heterocycles. The Bertz CT molecular complexity index is 1030. The van der Waals surface area contributed by atoms with Crippen LogP contribution in [0.15, 0.2) is 40.9 Å². The average Bonchev–Trinajstić information content (AvgIpc) is 3.26. The molecular formula is C23H27N3O5. The van der Waals surface area contributed by atoms with Crippen molar-refractivity contribution in [3.8, 4) is 28.6 Å². The number of benzene rings is 2. The zero-order valence-corrected chi connectivity index (χ0v) is 18.2. The summed E-state index contributed by atoms with van der Waals surface area (Å²) in [6, 6.07) is 11.4. The zero-order valence-electron chi connectivity index (χ0n) is 18.2. The Morgan fingerprint density at radius 1 is 0.968 bits per heavy atom. The van der Waals surface area contributed by atoms with Crippen molar-refractivity contribution in [1.82, 2.24) is 15.5 Å². The van der Waals surface area contributed by atoms with Gasteiger partial charge in [-0.2, -0.15) is 4.98 Å². The van der Waals surface area contributed by atoms with Gasteiger partial charge in [0.25, 0.3) is 0 Å². The standard InChI is InChI=1S/C23H27N3O5/c1-15-5-7-18(28-2)16(13-15)11-12-24-21(27)9-10-22-25-23(26-31-22)17-6-8-19(29-3)20(14-17)30-4/h5-8,13-14H,9-12H2,1-4H3,(H,24,27). The van der Waals surface area contributed by atoms with Crippen molar-refractivity contribution >= 4 is 5.91 Å². The van der Waals surface area contributed by atoms with Gasteiger partial charge in [-0.25, -0.2) is 0 Å². The fraction of sp³-hybridized carbons (Fsp3) is 0.348. The number of aromatic nitrogens is 2. The maximum atomic E-state index is 12.2. The molecule has 0 aliphatic heterocycles. The summed E-state index contributed by atoms with van der Waals surface area (Å²) >= 11 is 0. The zero-order chi connectivity index (χ0) is 22.2. The highest BCUT2D eigenvalue weighted by atomic mass is 16.5. The van der Waals surface area contributed by atoms with Crippen molar-refractivity contribution in [2.24, 2.45) is 0 Å². The molecule has 31 heavy (non-hydrogen) atoms. The van der Waals surface area contributed by atoms with E-state index in [0.717, 1.165) is 22.4 Å². The van der Waals surface area contributed by atoms with E-state index in [0.29, 0.717) is 42.6 Å². The van der Waals surface area contributed by atoms with Crippen LogP contribution in [0.1, 0.15) is 23.4 Å². The summed E-state index contributed by atoms with van der Waals surface area (Å²) in [5.74, 6) is 2.79. The average molecular weight is 425 g/mol. The molecule has 0 aliphatic carbocycles. The maximum absolute atomic E-state index is 12.2. The number of ether oxygens (including phenoxy) is 3. The second kappa shape index (κ2) is 10.5. The van der Waals surface area contributed by atoms with E-state index in [4.69, 9.17) is 18.7 Å². The van der Waals surface area contributed by atoms with Crippen LogP contribution >= 0.6 is 0 Å². The van der Waals surface area contributed by atoms with Gasteiger partial charge in [0.2, 0.25) is 17.6 Å². The molecule has 3 rings (SSSR count). The van der Waals surface area contributed by atoms with Gasteiger partial charge in [0.15, 0.2) is 11.5 Å². The first-order valence-corrected chi connectivity index (χ1v) is 9.99. The molecule has 8 heteroatoms. The molecule has 0 unspecified atom stereocenters. The first kappa shape index (κ1) is 22.1. The summed E-state index contributed by atoms with van der Waals surface area (Å²) in [4.78, 5) is 16.6. The fourth-order valence-electron chi connectivity index (χ4n) is 3.20. The molecule has 0 aliphatic rings. The number of carbonyl (C=O) groups is 1. The van der Waals surface area contributed by atoms with Gasteiger partial charge in [0.05, 0.1) is 21.3 Å². The number of nitrogens with zero attached hydrogens (tertiary/aromatic N) is 2. The van der Waals surface area contributed by atoms with Gasteiger partial charge in [-0.05, 0) is 43.2 Å². The molecule has 2 aromatic carbocycles. The summed E-state index contributed by atoms with van der Waals surface area (Å²) in [5.41, 5.74) is 2.97. The molecule has 8 nitrogen and oxygen atoms in total. The second-order valence-electron chi connectivity index (χ2n) is 7.00. The molecule has 1 heterocycles. The lowest BCUT2D eigenvalue weighted by Crippen LogP contribution is -2.26. The third kappa shape index (κ3) is 5.75. The molecule has 164 valence electrons. The number of methoxy groups -OCH3 is 3. The summed E-state index contributed by atoms with van der Waals surface area (Å²) in [5, 5.41) is 6.92. The quantitative estimate of drug-likeness (QED) is 0.532. The first-order valence-electron chi connectivity index (χ1n) is 9.99. The van der Waals surface area contributed by atoms with E-state index in [1.54, 1.807) is 33.5 Å². The number of hydrogen-bond donors (Lipinski definition) is 1. The largest absolute Gasteiger partial charge is 0.496 e. The van der Waals surface area contributed by atoms with E-state index >= 15 is 0 Å². The highest BCUT2D eigenvalue weighted by Crippen LogP contribution is 2.31. The van der Waals surface area contributed by atoms with Crippen LogP contribution in [0.5, 0.6) is 17.2 Å². The molecular weight excluding hydrogens is 398 g/mol. The van der Waals surface area contributed by atoms with E-state index < -0.39 is 0 Å². The van der Waals surface area contributed by atoms with Crippen LogP contribution in [0.2, 0.25) is 0 Å². The predicted octanol–water partition coefficient (Wildman–Crippen LogP) is 3.36. The normalized spacial score (nSPS) is 10.6. The van der Waals surface area contributed by atoms with Gasteiger partial charge >= 0.3 is 0 Å². The monoisotopic (exact) mass is 425 g/mol. The first-order chi connectivity index (χ1) is 15.0. The minimum atomic E-state index is -0.0718. The smallest absolute Gasteiger partial charge is 0.227 e. The van der Waals surface area contributed by atoms with Gasteiger partial charge in [-0.1, -0.05) is 22.9 Å². The number of rotatable bonds is 10. The topological polar surface area (TPSA) is 95.7 Å². The lowest BCUT2D eigenvalue weighted by molar-refractivity contribution is -0.121. The third-order valence-electron chi connectivity index (χ3n) is 4.83. The van der Waals surface area contributed by atoms with Crippen molar-refractivity contribution in [3.05, 3.63) is 53.4 Å². The van der Waals surface area contributed by atoms with Gasteiger partial charge in [-0.15, -0.1) is 0 Å². The molecule has 0 spiro atoms. The number of nitrogens with one attached hydrogen (secondary N) is 1. The Kier molecular flexibility index (Phi) is 7.48. The van der Waals surface area contributed by atoms with E-state index in [2.05, 4.69) is 21.5 Å². The summed E-state index contributed by atoms with van der Waals surface area (Å²) in [7, 11) is 4.79. The van der Waals surface area contributed by atoms with Gasteiger partial charge in [-0.3, -0.25) is 4.79 Å². The minimum Gasteiger partial charge on any atom is -0.496 e. The fourth-order valence-corrected chi connectivity index (χ4v) is 3.20. The molecule has 0 atom stereocenters. The van der Waals surface area contributed by atoms with Crippen LogP contribution in [-0.4, -0.2) is 43.9 Å². The van der Waals surface area contributed by atoms with Crippen LogP contribution in [0.4, 0.5) is 0 Å². The van der Waals surface area contributed by atoms with Crippen LogP contribution in [0.3, 0.4) is 0 Å². The van der Waals surface area contributed by atoms with Crippen LogP contribution in [0.25, 0.3) is 11.4 Å². The minimum absolute atomic E-state index is 0.0718. The molecule has 0 radical (unpaired) electrons. The van der Waals surface area contributed by atoms with Crippen LogP contribution < -0.4 is 19.5 Å². The summed E-state index contributed by atoms with van der Waals surface area (Å²) in [6.07, 6.45) is 1.32. The molecule has 0 bridgehead atoms. The van der Waals surface area contributed by atoms with Crippen molar-refractivity contribution in [2.45, 2.75) is 26.2 Å². The molecule has 0 fully saturated rings. The van der Waals surface area contributed by atoms with E-state index in [-0.39, 0.29) is 12.3 Å². The lowest BCUT2D eigenvalue weighted by atomic mass is 10.1. The van der Waals surface area contributed by atoms with Crippen molar-refractivity contribution in [2.75, 3.05) is 27.9 Å². The van der Waals surface area contributed by atoms with Crippen molar-refractivity contribution in [1.29, 1.82) is 0 Å². The lowest BCUT2D eigenvalue weighted by Gasteiger charge is -2.10. The van der Waals surface area contributed by atoms with Crippen molar-refractivity contribution in [3.63, 3.8) is 0 Å². The Balaban J connectivity index is 1.50. The maximum Gasteiger partial charge on any atom is 0.227 e. The summed E-state index contributed by atoms with van der Waals surface area (Å²) in [6.45, 7) is 2.56. The Labute approximate surface area is 181 Å². The second-order valence-corrected chi connectivity index (χ2v) is 7.00. The molecule has 1 N–H and O–H groups in total. The third-order valence-corrected chi connectivity index (χ3v) is 4.83. The summed E-state index contributed by atoms with van der Waals surface area (Å²) < 4.78 is 21.2. The van der Waals surface area contributed by atoms with Crippen molar-refractivity contribution < 1.29 is 23.5 Å². The SMILES string of the molecule is COc1ccc(C)cc1CCNC(=O)CCc1nc(-c2ccc(OC)c(OC)c2)no1. The molecule has 1 amide bonds. The Morgan fingerprint density at radius 2 is 1.71 bits per heavy atom. The number of aryl methyl sites for hydroxylation is 2. The molecule has 3 aromatic rings. The Hall–Kier alpha value is -3.55. The molecule has 0 saturated carbocycles. The Morgan fingerprint density at radius 3 is 2.45 bits per heavy atom. The van der Waals surface area contributed by atoms with Crippen LogP contribution in [-0.2, 0) is 17.6 Å². The molecule has 1 aromatic heterocycles. The van der Waals surface area contributed by atoms with Gasteiger partial charge < -0.3 is 24.1 Å². The van der Waals surface area contributed by atoms with Gasteiger partial charge in [0, 0.05) is 24.9 Å². The highest BCUT2D eigenvalue weighted by Gasteiger charge is 2.13. The highest BCUT2D eigenvalue weighted by molar-refractivity contribution is 5.76. The van der Waals surface area contributed by atoms with E-state index in [1.807, 2.05) is 25.1 Å². The number of carbonyl (C=O) groups excluding carboxylic acids is 1. The number of amides is 1. The number of hydrogen-bond acceptors (Lipinski definition) is 7. The predicted molar refractivity (Wildman–Crippen MR) is 116 cm³/mol. The van der Waals surface area contributed by atoms with Crippen LogP contribution in [0, 0.1) is 6.92 Å². The van der Waals surface area contributed by atoms with E-state index in [1.165, 1.54) is 0 Å².